The molecule has 0 aromatic heterocycles. The number of carbonyl (C=O) groups excluding carboxylic acids is 3. The summed E-state index contributed by atoms with van der Waals surface area (Å²) in [6, 6.07) is 16.1. The lowest BCUT2D eigenvalue weighted by Gasteiger charge is -2.39. The summed E-state index contributed by atoms with van der Waals surface area (Å²) in [5.74, 6) is 0.398. The molecule has 3 unspecified atom stereocenters. The second-order valence-electron chi connectivity index (χ2n) is 16.4. The molecule has 64 heavy (non-hydrogen) atoms. The highest BCUT2D eigenvalue weighted by atomic mass is 16.6. The van der Waals surface area contributed by atoms with Crippen molar-refractivity contribution in [1.82, 2.24) is 0 Å². The molecule has 3 N–H and O–H groups in total. The summed E-state index contributed by atoms with van der Waals surface area (Å²) in [4.78, 5) is 35.4. The number of ether oxygens (including phenoxy) is 6. The Morgan fingerprint density at radius 3 is 1.69 bits per heavy atom. The molecule has 0 aliphatic carbocycles. The second kappa shape index (κ2) is 26.0. The molecule has 0 saturated heterocycles. The van der Waals surface area contributed by atoms with Crippen molar-refractivity contribution in [1.29, 1.82) is 0 Å². The molecule has 0 aliphatic heterocycles. The van der Waals surface area contributed by atoms with Crippen molar-refractivity contribution in [2.24, 2.45) is 0 Å². The summed E-state index contributed by atoms with van der Waals surface area (Å²) in [6.45, 7) is 23.5. The van der Waals surface area contributed by atoms with Gasteiger partial charge < -0.3 is 43.7 Å². The topological polar surface area (TPSA) is 167 Å². The van der Waals surface area contributed by atoms with E-state index in [4.69, 9.17) is 28.4 Å². The highest BCUT2D eigenvalue weighted by Gasteiger charge is 2.38. The first kappa shape index (κ1) is 53.2. The fraction of sp³-hybridized carbons (Fsp3) is 0.481. The number of aliphatic hydroxyl groups excluding tert-OH is 3. The van der Waals surface area contributed by atoms with Gasteiger partial charge in [0, 0.05) is 28.0 Å². The van der Waals surface area contributed by atoms with Gasteiger partial charge in [-0.1, -0.05) is 107 Å². The molecule has 350 valence electrons. The van der Waals surface area contributed by atoms with E-state index < -0.39 is 35.5 Å². The standard InChI is InChI=1S/C52H70O12/c1-11-22-52(17-7,43-25-36(9)19-21-46(43)60-33-48(57)62-29-40(53)12-2)28-39-24-37(10)26-44(50(39)64-34-49(58)63-30-41(54)13-3)51(15-5,16-6)27-38-23-35(8)18-20-45(38)59-31-42(55)32-61-47(56)14-4/h12-14,18-21,23-26,42,48-49,55,57-58H,2-4,11,15-17,22,27-34H2,1,5-10H3/t42?,48?,49?,52-/m0/s1. The predicted molar refractivity (Wildman–Crippen MR) is 248 cm³/mol. The van der Waals surface area contributed by atoms with E-state index >= 15 is 0 Å². The smallest absolute Gasteiger partial charge is 0.330 e. The SMILES string of the molecule is C=CC(=O)COC(O)COc1ccc(C)cc1[C@@](CC)(CCC)Cc1cc(C)cc(C(CC)(CC)Cc2cc(C)ccc2OCC(O)COC(=O)C=C)c1OCC(O)OCC(=O)C=C. The van der Waals surface area contributed by atoms with Gasteiger partial charge in [-0.15, -0.1) is 0 Å². The Kier molecular flexibility index (Phi) is 21.6. The van der Waals surface area contributed by atoms with Gasteiger partial charge in [0.15, 0.2) is 24.1 Å². The normalized spacial score (nSPS) is 13.8. The number of aryl methyl sites for hydroxylation is 3. The zero-order chi connectivity index (χ0) is 47.5. The number of carbonyl (C=O) groups is 3. The van der Waals surface area contributed by atoms with E-state index in [1.807, 2.05) is 38.1 Å². The van der Waals surface area contributed by atoms with Gasteiger partial charge in [-0.2, -0.15) is 0 Å². The van der Waals surface area contributed by atoms with Crippen molar-refractivity contribution in [2.75, 3.05) is 39.6 Å². The Morgan fingerprint density at radius 2 is 1.12 bits per heavy atom. The molecular formula is C52H70O12. The van der Waals surface area contributed by atoms with Gasteiger partial charge >= 0.3 is 5.97 Å². The molecule has 0 radical (unpaired) electrons. The highest BCUT2D eigenvalue weighted by molar-refractivity contribution is 5.90. The molecule has 4 atom stereocenters. The molecule has 3 rings (SSSR count). The molecule has 0 saturated carbocycles. The van der Waals surface area contributed by atoms with E-state index in [1.54, 1.807) is 0 Å². The van der Waals surface area contributed by atoms with Crippen LogP contribution in [-0.2, 0) is 52.3 Å². The van der Waals surface area contributed by atoms with Crippen LogP contribution in [0.3, 0.4) is 0 Å². The van der Waals surface area contributed by atoms with Crippen molar-refractivity contribution >= 4 is 17.5 Å². The van der Waals surface area contributed by atoms with Crippen LogP contribution >= 0.6 is 0 Å². The first-order valence-corrected chi connectivity index (χ1v) is 22.1. The van der Waals surface area contributed by atoms with Crippen molar-refractivity contribution < 1.29 is 58.1 Å². The van der Waals surface area contributed by atoms with Gasteiger partial charge in [-0.3, -0.25) is 9.59 Å². The average molecular weight is 887 g/mol. The summed E-state index contributed by atoms with van der Waals surface area (Å²) < 4.78 is 35.0. The molecule has 0 heterocycles. The molecule has 0 spiro atoms. The van der Waals surface area contributed by atoms with Crippen LogP contribution in [0.4, 0.5) is 0 Å². The van der Waals surface area contributed by atoms with Crippen LogP contribution in [0.1, 0.15) is 98.7 Å². The van der Waals surface area contributed by atoms with E-state index in [0.29, 0.717) is 49.4 Å². The minimum Gasteiger partial charge on any atom is -0.490 e. The highest BCUT2D eigenvalue weighted by Crippen LogP contribution is 2.48. The molecule has 3 aromatic rings. The Bertz CT molecular complexity index is 2030. The minimum absolute atomic E-state index is 0.108. The molecule has 12 nitrogen and oxygen atoms in total. The van der Waals surface area contributed by atoms with Crippen LogP contribution < -0.4 is 14.2 Å². The Morgan fingerprint density at radius 1 is 0.609 bits per heavy atom. The van der Waals surface area contributed by atoms with Crippen LogP contribution in [0.15, 0.2) is 86.5 Å². The first-order valence-electron chi connectivity index (χ1n) is 22.1. The van der Waals surface area contributed by atoms with Crippen molar-refractivity contribution in [3.8, 4) is 17.2 Å². The third kappa shape index (κ3) is 15.3. The number of aliphatic hydroxyl groups is 3. The first-order chi connectivity index (χ1) is 30.5. The van der Waals surface area contributed by atoms with Gasteiger partial charge in [0.1, 0.15) is 63.0 Å². The molecule has 0 aliphatic rings. The van der Waals surface area contributed by atoms with Crippen LogP contribution in [-0.4, -0.2) is 91.2 Å². The van der Waals surface area contributed by atoms with Crippen LogP contribution in [0.2, 0.25) is 0 Å². The third-order valence-corrected chi connectivity index (χ3v) is 11.7. The molecule has 12 heteroatoms. The molecule has 0 fully saturated rings. The lowest BCUT2D eigenvalue weighted by atomic mass is 9.67. The number of rotatable bonds is 31. The van der Waals surface area contributed by atoms with E-state index in [2.05, 4.69) is 78.6 Å². The minimum atomic E-state index is -1.42. The maximum Gasteiger partial charge on any atom is 0.330 e. The summed E-state index contributed by atoms with van der Waals surface area (Å²) in [7, 11) is 0. The fourth-order valence-corrected chi connectivity index (χ4v) is 8.07. The zero-order valence-corrected chi connectivity index (χ0v) is 38.9. The lowest BCUT2D eigenvalue weighted by molar-refractivity contribution is -0.141. The van der Waals surface area contributed by atoms with E-state index in [1.165, 1.54) is 0 Å². The van der Waals surface area contributed by atoms with Crippen LogP contribution in [0.25, 0.3) is 0 Å². The maximum atomic E-state index is 12.0. The summed E-state index contributed by atoms with van der Waals surface area (Å²) in [6.07, 6.45) is 4.21. The maximum absolute atomic E-state index is 12.0. The molecule has 0 amide bonds. The quantitative estimate of drug-likeness (QED) is 0.0324. The molecule has 0 bridgehead atoms. The fourth-order valence-electron chi connectivity index (χ4n) is 8.07. The van der Waals surface area contributed by atoms with E-state index in [-0.39, 0.29) is 51.2 Å². The Hall–Kier alpha value is -5.11. The van der Waals surface area contributed by atoms with Gasteiger partial charge in [0.2, 0.25) is 0 Å². The largest absolute Gasteiger partial charge is 0.490 e. The summed E-state index contributed by atoms with van der Waals surface area (Å²) in [5, 5.41) is 32.2. The monoisotopic (exact) mass is 886 g/mol. The second-order valence-corrected chi connectivity index (χ2v) is 16.4. The number of benzene rings is 3. The van der Waals surface area contributed by atoms with Crippen LogP contribution in [0, 0.1) is 20.8 Å². The van der Waals surface area contributed by atoms with Gasteiger partial charge in [0.05, 0.1) is 0 Å². The van der Waals surface area contributed by atoms with Gasteiger partial charge in [0.25, 0.3) is 0 Å². The number of ketones is 2. The van der Waals surface area contributed by atoms with Crippen LogP contribution in [0.5, 0.6) is 17.2 Å². The van der Waals surface area contributed by atoms with Crippen molar-refractivity contribution in [2.45, 2.75) is 123 Å². The van der Waals surface area contributed by atoms with Crippen molar-refractivity contribution in [3.63, 3.8) is 0 Å². The molecular weight excluding hydrogens is 817 g/mol. The van der Waals surface area contributed by atoms with Gasteiger partial charge in [-0.25, -0.2) is 4.79 Å². The average Bonchev–Trinajstić information content (AvgIpc) is 3.29. The number of esters is 1. The Labute approximate surface area is 379 Å². The van der Waals surface area contributed by atoms with E-state index in [9.17, 15) is 29.7 Å². The summed E-state index contributed by atoms with van der Waals surface area (Å²) in [5.41, 5.74) is 5.71. The van der Waals surface area contributed by atoms with Gasteiger partial charge in [-0.05, 0) is 94.7 Å². The van der Waals surface area contributed by atoms with E-state index in [0.717, 1.165) is 70.0 Å². The van der Waals surface area contributed by atoms with Crippen molar-refractivity contribution in [3.05, 3.63) is 125 Å². The number of hydrogen-bond donors (Lipinski definition) is 3. The zero-order valence-electron chi connectivity index (χ0n) is 38.9. The molecule has 3 aromatic carbocycles. The summed E-state index contributed by atoms with van der Waals surface area (Å²) >= 11 is 0. The Balaban J connectivity index is 2.22. The predicted octanol–water partition coefficient (Wildman–Crippen LogP) is 8.01. The lowest BCUT2D eigenvalue weighted by Crippen LogP contribution is -2.33. The third-order valence-electron chi connectivity index (χ3n) is 11.7. The number of hydrogen-bond acceptors (Lipinski definition) is 12.